The average molecular weight is 189 g/mol. The maximum absolute atomic E-state index is 9.86. The van der Waals surface area contributed by atoms with Crippen LogP contribution in [0.4, 0.5) is 0 Å². The van der Waals surface area contributed by atoms with E-state index in [4.69, 9.17) is 5.11 Å². The van der Waals surface area contributed by atoms with Gasteiger partial charge in [0.15, 0.2) is 0 Å². The Morgan fingerprint density at radius 3 is 2.46 bits per heavy atom. The van der Waals surface area contributed by atoms with E-state index < -0.39 is 5.60 Å². The summed E-state index contributed by atoms with van der Waals surface area (Å²) in [5, 5.41) is 21.5. The standard InChI is InChI=1S/C10H23NO2/c1-9(2)7-10(3,13)8-11-5-4-6-12/h9,11-13H,4-8H2,1-3H3. The first kappa shape index (κ1) is 12.9. The molecule has 0 fully saturated rings. The molecule has 0 rings (SSSR count). The predicted octanol–water partition coefficient (Wildman–Crippen LogP) is 0.756. The molecule has 1 atom stereocenters. The first-order valence-corrected chi connectivity index (χ1v) is 5.02. The highest BCUT2D eigenvalue weighted by Crippen LogP contribution is 2.14. The normalized spacial score (nSPS) is 16.2. The lowest BCUT2D eigenvalue weighted by atomic mass is 9.94. The summed E-state index contributed by atoms with van der Waals surface area (Å²) in [6.07, 6.45) is 1.55. The van der Waals surface area contributed by atoms with Crippen molar-refractivity contribution in [2.24, 2.45) is 5.92 Å². The number of aliphatic hydroxyl groups excluding tert-OH is 1. The van der Waals surface area contributed by atoms with Crippen molar-refractivity contribution in [3.05, 3.63) is 0 Å². The molecule has 3 nitrogen and oxygen atoms in total. The minimum Gasteiger partial charge on any atom is -0.396 e. The highest BCUT2D eigenvalue weighted by Gasteiger charge is 2.20. The summed E-state index contributed by atoms with van der Waals surface area (Å²) in [5.41, 5.74) is -0.621. The van der Waals surface area contributed by atoms with Crippen LogP contribution in [0.25, 0.3) is 0 Å². The lowest BCUT2D eigenvalue weighted by Crippen LogP contribution is -2.39. The highest BCUT2D eigenvalue weighted by molar-refractivity contribution is 4.76. The maximum Gasteiger partial charge on any atom is 0.0746 e. The smallest absolute Gasteiger partial charge is 0.0746 e. The van der Waals surface area contributed by atoms with Crippen LogP contribution in [0.5, 0.6) is 0 Å². The molecule has 0 aliphatic rings. The molecule has 0 aliphatic carbocycles. The zero-order valence-corrected chi connectivity index (χ0v) is 9.01. The SMILES string of the molecule is CC(C)CC(C)(O)CNCCCO. The largest absolute Gasteiger partial charge is 0.396 e. The van der Waals surface area contributed by atoms with Crippen LogP contribution in [0.1, 0.15) is 33.6 Å². The molecule has 0 aromatic rings. The van der Waals surface area contributed by atoms with Gasteiger partial charge in [-0.15, -0.1) is 0 Å². The minimum atomic E-state index is -0.621. The molecule has 80 valence electrons. The first-order chi connectivity index (χ1) is 5.98. The summed E-state index contributed by atoms with van der Waals surface area (Å²) >= 11 is 0. The molecule has 0 saturated carbocycles. The molecule has 0 aromatic carbocycles. The minimum absolute atomic E-state index is 0.208. The van der Waals surface area contributed by atoms with E-state index >= 15 is 0 Å². The third-order valence-electron chi connectivity index (χ3n) is 1.87. The van der Waals surface area contributed by atoms with E-state index in [-0.39, 0.29) is 6.61 Å². The topological polar surface area (TPSA) is 52.5 Å². The molecule has 0 saturated heterocycles. The van der Waals surface area contributed by atoms with Crippen molar-refractivity contribution in [3.63, 3.8) is 0 Å². The fourth-order valence-electron chi connectivity index (χ4n) is 1.51. The Kier molecular flexibility index (Phi) is 6.29. The van der Waals surface area contributed by atoms with Crippen LogP contribution in [0.3, 0.4) is 0 Å². The van der Waals surface area contributed by atoms with Gasteiger partial charge < -0.3 is 15.5 Å². The van der Waals surface area contributed by atoms with Crippen molar-refractivity contribution >= 4 is 0 Å². The molecule has 0 amide bonds. The van der Waals surface area contributed by atoms with E-state index in [9.17, 15) is 5.11 Å². The molecule has 13 heavy (non-hydrogen) atoms. The van der Waals surface area contributed by atoms with Crippen LogP contribution in [0.2, 0.25) is 0 Å². The summed E-state index contributed by atoms with van der Waals surface area (Å²) in [4.78, 5) is 0. The summed E-state index contributed by atoms with van der Waals surface area (Å²) < 4.78 is 0. The van der Waals surface area contributed by atoms with Crippen molar-refractivity contribution in [1.82, 2.24) is 5.32 Å². The number of rotatable bonds is 7. The van der Waals surface area contributed by atoms with Crippen molar-refractivity contribution in [1.29, 1.82) is 0 Å². The third kappa shape index (κ3) is 8.22. The van der Waals surface area contributed by atoms with Crippen LogP contribution in [-0.2, 0) is 0 Å². The molecule has 0 radical (unpaired) electrons. The van der Waals surface area contributed by atoms with Crippen molar-refractivity contribution in [2.75, 3.05) is 19.7 Å². The van der Waals surface area contributed by atoms with Crippen molar-refractivity contribution in [2.45, 2.75) is 39.2 Å². The fourth-order valence-corrected chi connectivity index (χ4v) is 1.51. The van der Waals surface area contributed by atoms with Gasteiger partial charge in [-0.3, -0.25) is 0 Å². The van der Waals surface area contributed by atoms with Gasteiger partial charge in [-0.05, 0) is 32.2 Å². The Morgan fingerprint density at radius 2 is 2.00 bits per heavy atom. The monoisotopic (exact) mass is 189 g/mol. The van der Waals surface area contributed by atoms with E-state index in [0.29, 0.717) is 12.5 Å². The van der Waals surface area contributed by atoms with Crippen LogP contribution in [0.15, 0.2) is 0 Å². The van der Waals surface area contributed by atoms with Crippen LogP contribution in [0, 0.1) is 5.92 Å². The second-order valence-electron chi connectivity index (χ2n) is 4.35. The Hall–Kier alpha value is -0.120. The number of hydrogen-bond donors (Lipinski definition) is 3. The van der Waals surface area contributed by atoms with Crippen LogP contribution >= 0.6 is 0 Å². The Labute approximate surface area is 81.2 Å². The molecule has 1 unspecified atom stereocenters. The predicted molar refractivity (Wildman–Crippen MR) is 54.7 cm³/mol. The van der Waals surface area contributed by atoms with E-state index in [2.05, 4.69) is 19.2 Å². The quantitative estimate of drug-likeness (QED) is 0.518. The maximum atomic E-state index is 9.86. The van der Waals surface area contributed by atoms with Crippen LogP contribution < -0.4 is 5.32 Å². The van der Waals surface area contributed by atoms with Gasteiger partial charge in [0.1, 0.15) is 0 Å². The molecule has 0 heterocycles. The molecular weight excluding hydrogens is 166 g/mol. The number of hydrogen-bond acceptors (Lipinski definition) is 3. The third-order valence-corrected chi connectivity index (χ3v) is 1.87. The van der Waals surface area contributed by atoms with Gasteiger partial charge in [-0.1, -0.05) is 13.8 Å². The van der Waals surface area contributed by atoms with Gasteiger partial charge in [-0.25, -0.2) is 0 Å². The molecular formula is C10H23NO2. The lowest BCUT2D eigenvalue weighted by molar-refractivity contribution is 0.0384. The molecule has 0 aromatic heterocycles. The Morgan fingerprint density at radius 1 is 1.38 bits per heavy atom. The van der Waals surface area contributed by atoms with Crippen molar-refractivity contribution < 1.29 is 10.2 Å². The van der Waals surface area contributed by atoms with Gasteiger partial charge in [0.05, 0.1) is 5.60 Å². The van der Waals surface area contributed by atoms with Gasteiger partial charge >= 0.3 is 0 Å². The van der Waals surface area contributed by atoms with Gasteiger partial charge in [0.25, 0.3) is 0 Å². The summed E-state index contributed by atoms with van der Waals surface area (Å²) in [7, 11) is 0. The molecule has 3 heteroatoms. The van der Waals surface area contributed by atoms with Gasteiger partial charge in [0.2, 0.25) is 0 Å². The average Bonchev–Trinajstić information content (AvgIpc) is 1.95. The molecule has 0 aliphatic heterocycles. The zero-order chi connectivity index (χ0) is 10.3. The number of nitrogens with one attached hydrogen (secondary N) is 1. The lowest BCUT2D eigenvalue weighted by Gasteiger charge is -2.25. The number of aliphatic hydroxyl groups is 2. The zero-order valence-electron chi connectivity index (χ0n) is 9.01. The molecule has 0 bridgehead atoms. The first-order valence-electron chi connectivity index (χ1n) is 5.02. The molecule has 3 N–H and O–H groups in total. The van der Waals surface area contributed by atoms with E-state index in [1.165, 1.54) is 0 Å². The summed E-state index contributed by atoms with van der Waals surface area (Å²) in [6, 6.07) is 0. The Balaban J connectivity index is 3.50. The van der Waals surface area contributed by atoms with Gasteiger partial charge in [-0.2, -0.15) is 0 Å². The Bertz CT molecular complexity index is 124. The summed E-state index contributed by atoms with van der Waals surface area (Å²) in [6.45, 7) is 7.62. The fraction of sp³-hybridized carbons (Fsp3) is 1.00. The molecule has 0 spiro atoms. The van der Waals surface area contributed by atoms with E-state index in [0.717, 1.165) is 19.4 Å². The van der Waals surface area contributed by atoms with Crippen molar-refractivity contribution in [3.8, 4) is 0 Å². The van der Waals surface area contributed by atoms with Gasteiger partial charge in [0, 0.05) is 13.2 Å². The van der Waals surface area contributed by atoms with E-state index in [1.54, 1.807) is 0 Å². The highest BCUT2D eigenvalue weighted by atomic mass is 16.3. The van der Waals surface area contributed by atoms with E-state index in [1.807, 2.05) is 6.92 Å². The summed E-state index contributed by atoms with van der Waals surface area (Å²) in [5.74, 6) is 0.509. The van der Waals surface area contributed by atoms with Crippen LogP contribution in [-0.4, -0.2) is 35.5 Å². The second-order valence-corrected chi connectivity index (χ2v) is 4.35. The second kappa shape index (κ2) is 6.35.